The highest BCUT2D eigenvalue weighted by Crippen LogP contribution is 2.13. The second-order valence-electron chi connectivity index (χ2n) is 3.61. The summed E-state index contributed by atoms with van der Waals surface area (Å²) in [6.45, 7) is 2.04. The lowest BCUT2D eigenvalue weighted by molar-refractivity contribution is 0.0654. The SMILES string of the molecule is CCC(CO)C(O)Cc1ccccc1. The predicted molar refractivity (Wildman–Crippen MR) is 57.0 cm³/mol. The van der Waals surface area contributed by atoms with Crippen LogP contribution in [0.25, 0.3) is 0 Å². The van der Waals surface area contributed by atoms with Crippen LogP contribution in [0.2, 0.25) is 0 Å². The highest BCUT2D eigenvalue weighted by molar-refractivity contribution is 5.15. The van der Waals surface area contributed by atoms with Gasteiger partial charge in [0.05, 0.1) is 6.10 Å². The molecule has 0 aliphatic carbocycles. The highest BCUT2D eigenvalue weighted by Gasteiger charge is 2.16. The van der Waals surface area contributed by atoms with Gasteiger partial charge in [0.1, 0.15) is 0 Å². The molecule has 1 rings (SSSR count). The summed E-state index contributed by atoms with van der Waals surface area (Å²) in [6.07, 6.45) is 0.997. The van der Waals surface area contributed by atoms with Crippen molar-refractivity contribution in [2.75, 3.05) is 6.61 Å². The lowest BCUT2D eigenvalue weighted by Crippen LogP contribution is -2.25. The second kappa shape index (κ2) is 5.78. The van der Waals surface area contributed by atoms with Crippen LogP contribution in [-0.4, -0.2) is 22.9 Å². The van der Waals surface area contributed by atoms with Crippen molar-refractivity contribution in [2.45, 2.75) is 25.9 Å². The third-order valence-electron chi connectivity index (χ3n) is 2.59. The summed E-state index contributed by atoms with van der Waals surface area (Å²) in [5.41, 5.74) is 1.12. The van der Waals surface area contributed by atoms with Gasteiger partial charge in [0.25, 0.3) is 0 Å². The van der Waals surface area contributed by atoms with Crippen LogP contribution in [-0.2, 0) is 6.42 Å². The smallest absolute Gasteiger partial charge is 0.0630 e. The fraction of sp³-hybridized carbons (Fsp3) is 0.500. The van der Waals surface area contributed by atoms with Crippen LogP contribution in [0.4, 0.5) is 0 Å². The van der Waals surface area contributed by atoms with Crippen LogP contribution in [0.5, 0.6) is 0 Å². The summed E-state index contributed by atoms with van der Waals surface area (Å²) in [5.74, 6) is -0.00444. The summed E-state index contributed by atoms with van der Waals surface area (Å²) < 4.78 is 0. The zero-order valence-electron chi connectivity index (χ0n) is 8.56. The van der Waals surface area contributed by atoms with Crippen LogP contribution in [0.1, 0.15) is 18.9 Å². The number of hydrogen-bond donors (Lipinski definition) is 2. The Morgan fingerprint density at radius 2 is 1.86 bits per heavy atom. The number of hydrogen-bond acceptors (Lipinski definition) is 2. The molecule has 0 fully saturated rings. The van der Waals surface area contributed by atoms with Crippen molar-refractivity contribution in [3.63, 3.8) is 0 Å². The molecule has 0 spiro atoms. The van der Waals surface area contributed by atoms with Gasteiger partial charge in [-0.15, -0.1) is 0 Å². The lowest BCUT2D eigenvalue weighted by Gasteiger charge is -2.19. The fourth-order valence-electron chi connectivity index (χ4n) is 1.55. The van der Waals surface area contributed by atoms with Gasteiger partial charge in [-0.05, 0) is 18.4 Å². The Kier molecular flexibility index (Phi) is 4.63. The van der Waals surface area contributed by atoms with Gasteiger partial charge in [-0.25, -0.2) is 0 Å². The minimum absolute atomic E-state index is 0.00444. The number of rotatable bonds is 5. The minimum atomic E-state index is -0.438. The molecular formula is C12H18O2. The van der Waals surface area contributed by atoms with E-state index in [1.807, 2.05) is 37.3 Å². The lowest BCUT2D eigenvalue weighted by atomic mass is 9.95. The summed E-state index contributed by atoms with van der Waals surface area (Å²) in [6, 6.07) is 9.86. The summed E-state index contributed by atoms with van der Waals surface area (Å²) in [5, 5.41) is 18.8. The van der Waals surface area contributed by atoms with Crippen molar-refractivity contribution in [2.24, 2.45) is 5.92 Å². The van der Waals surface area contributed by atoms with E-state index in [0.29, 0.717) is 6.42 Å². The maximum absolute atomic E-state index is 9.80. The third-order valence-corrected chi connectivity index (χ3v) is 2.59. The maximum atomic E-state index is 9.80. The van der Waals surface area contributed by atoms with Crippen molar-refractivity contribution in [1.82, 2.24) is 0 Å². The Labute approximate surface area is 85.2 Å². The first-order chi connectivity index (χ1) is 6.77. The number of benzene rings is 1. The van der Waals surface area contributed by atoms with E-state index in [4.69, 9.17) is 5.11 Å². The van der Waals surface area contributed by atoms with E-state index in [1.165, 1.54) is 0 Å². The molecule has 2 heteroatoms. The van der Waals surface area contributed by atoms with E-state index >= 15 is 0 Å². The van der Waals surface area contributed by atoms with Gasteiger partial charge in [0, 0.05) is 12.5 Å². The van der Waals surface area contributed by atoms with E-state index in [-0.39, 0.29) is 12.5 Å². The van der Waals surface area contributed by atoms with Crippen LogP contribution in [0.15, 0.2) is 30.3 Å². The second-order valence-corrected chi connectivity index (χ2v) is 3.61. The first kappa shape index (κ1) is 11.2. The maximum Gasteiger partial charge on any atom is 0.0630 e. The average Bonchev–Trinajstić information content (AvgIpc) is 2.21. The van der Waals surface area contributed by atoms with Gasteiger partial charge in [-0.1, -0.05) is 37.3 Å². The van der Waals surface area contributed by atoms with E-state index in [0.717, 1.165) is 12.0 Å². The molecule has 0 heterocycles. The van der Waals surface area contributed by atoms with Gasteiger partial charge in [0.2, 0.25) is 0 Å². The first-order valence-electron chi connectivity index (χ1n) is 5.10. The van der Waals surface area contributed by atoms with Gasteiger partial charge in [0.15, 0.2) is 0 Å². The van der Waals surface area contributed by atoms with E-state index in [2.05, 4.69) is 0 Å². The molecule has 14 heavy (non-hydrogen) atoms. The quantitative estimate of drug-likeness (QED) is 0.747. The van der Waals surface area contributed by atoms with Crippen LogP contribution >= 0.6 is 0 Å². The average molecular weight is 194 g/mol. The topological polar surface area (TPSA) is 40.5 Å². The predicted octanol–water partition coefficient (Wildman–Crippen LogP) is 1.61. The standard InChI is InChI=1S/C12H18O2/c1-2-11(9-13)12(14)8-10-6-4-3-5-7-10/h3-7,11-14H,2,8-9H2,1H3. The summed E-state index contributed by atoms with van der Waals surface area (Å²) in [4.78, 5) is 0. The Hall–Kier alpha value is -0.860. The Bertz CT molecular complexity index is 242. The largest absolute Gasteiger partial charge is 0.396 e. The van der Waals surface area contributed by atoms with E-state index < -0.39 is 6.10 Å². The van der Waals surface area contributed by atoms with E-state index in [1.54, 1.807) is 0 Å². The van der Waals surface area contributed by atoms with Crippen molar-refractivity contribution >= 4 is 0 Å². The van der Waals surface area contributed by atoms with Crippen LogP contribution in [0.3, 0.4) is 0 Å². The Morgan fingerprint density at radius 3 is 2.36 bits per heavy atom. The molecule has 0 aliphatic heterocycles. The number of aliphatic hydroxyl groups excluding tert-OH is 2. The van der Waals surface area contributed by atoms with Gasteiger partial charge < -0.3 is 10.2 Å². The Balaban J connectivity index is 2.52. The Morgan fingerprint density at radius 1 is 1.21 bits per heavy atom. The molecule has 0 amide bonds. The monoisotopic (exact) mass is 194 g/mol. The van der Waals surface area contributed by atoms with E-state index in [9.17, 15) is 5.11 Å². The van der Waals surface area contributed by atoms with Crippen molar-refractivity contribution in [3.05, 3.63) is 35.9 Å². The molecule has 0 aliphatic rings. The first-order valence-corrected chi connectivity index (χ1v) is 5.10. The molecule has 1 aromatic carbocycles. The summed E-state index contributed by atoms with van der Waals surface area (Å²) >= 11 is 0. The molecule has 2 N–H and O–H groups in total. The molecule has 0 saturated heterocycles. The summed E-state index contributed by atoms with van der Waals surface area (Å²) in [7, 11) is 0. The molecule has 0 bridgehead atoms. The van der Waals surface area contributed by atoms with Crippen molar-refractivity contribution < 1.29 is 10.2 Å². The number of aliphatic hydroxyl groups is 2. The van der Waals surface area contributed by atoms with Crippen LogP contribution < -0.4 is 0 Å². The molecule has 0 radical (unpaired) electrons. The van der Waals surface area contributed by atoms with Crippen LogP contribution in [0, 0.1) is 5.92 Å². The van der Waals surface area contributed by atoms with Gasteiger partial charge in [-0.2, -0.15) is 0 Å². The molecule has 2 atom stereocenters. The van der Waals surface area contributed by atoms with Gasteiger partial charge >= 0.3 is 0 Å². The zero-order chi connectivity index (χ0) is 10.4. The molecule has 1 aromatic rings. The van der Waals surface area contributed by atoms with Crippen molar-refractivity contribution in [3.8, 4) is 0 Å². The molecular weight excluding hydrogens is 176 g/mol. The molecule has 2 nitrogen and oxygen atoms in total. The zero-order valence-corrected chi connectivity index (χ0v) is 8.56. The van der Waals surface area contributed by atoms with Gasteiger partial charge in [-0.3, -0.25) is 0 Å². The highest BCUT2D eigenvalue weighted by atomic mass is 16.3. The third kappa shape index (κ3) is 3.13. The molecule has 0 aromatic heterocycles. The molecule has 2 unspecified atom stereocenters. The normalized spacial score (nSPS) is 15.1. The minimum Gasteiger partial charge on any atom is -0.396 e. The van der Waals surface area contributed by atoms with Crippen molar-refractivity contribution in [1.29, 1.82) is 0 Å². The fourth-order valence-corrected chi connectivity index (χ4v) is 1.55. The molecule has 0 saturated carbocycles. The molecule has 78 valence electrons.